The lowest BCUT2D eigenvalue weighted by Gasteiger charge is -2.18. The maximum absolute atomic E-state index is 13.0. The zero-order valence-corrected chi connectivity index (χ0v) is 20.4. The average Bonchev–Trinajstić information content (AvgIpc) is 2.78. The van der Waals surface area contributed by atoms with E-state index in [0.717, 1.165) is 0 Å². The van der Waals surface area contributed by atoms with Gasteiger partial charge in [-0.25, -0.2) is 0 Å². The molecule has 0 fully saturated rings. The van der Waals surface area contributed by atoms with Gasteiger partial charge in [-0.15, -0.1) is 5.11 Å². The van der Waals surface area contributed by atoms with Crippen molar-refractivity contribution in [1.29, 1.82) is 0 Å². The van der Waals surface area contributed by atoms with Crippen LogP contribution in [-0.2, 0) is 9.59 Å². The molecule has 0 heterocycles. The summed E-state index contributed by atoms with van der Waals surface area (Å²) in [4.78, 5) is 25.3. The van der Waals surface area contributed by atoms with Gasteiger partial charge in [-0.05, 0) is 45.0 Å². The van der Waals surface area contributed by atoms with Gasteiger partial charge < -0.3 is 24.3 Å². The highest BCUT2D eigenvalue weighted by molar-refractivity contribution is 6.33. The van der Waals surface area contributed by atoms with Crippen LogP contribution in [0.2, 0.25) is 10.0 Å². The number of Topliss-reactive ketones (excluding diaryl/α,β-unsaturated/α-hetero) is 1. The quantitative estimate of drug-likeness (QED) is 0.324. The second-order valence-corrected chi connectivity index (χ2v) is 7.28. The molecule has 1 unspecified atom stereocenters. The van der Waals surface area contributed by atoms with Crippen LogP contribution in [0.5, 0.6) is 23.0 Å². The number of amides is 1. The first-order chi connectivity index (χ1) is 15.8. The summed E-state index contributed by atoms with van der Waals surface area (Å²) in [6.07, 6.45) is 0. The third-order valence-electron chi connectivity index (χ3n) is 4.28. The Morgan fingerprint density at radius 3 is 2.15 bits per heavy atom. The molecule has 0 saturated heterocycles. The molecule has 0 aliphatic carbocycles. The molecule has 1 N–H and O–H groups in total. The van der Waals surface area contributed by atoms with Crippen molar-refractivity contribution < 1.29 is 28.5 Å². The fraction of sp³-hybridized carbons (Fsp3) is 0.364. The molecule has 2 aromatic rings. The van der Waals surface area contributed by atoms with E-state index < -0.39 is 17.7 Å². The molecule has 0 aliphatic heterocycles. The van der Waals surface area contributed by atoms with Gasteiger partial charge in [-0.3, -0.25) is 9.59 Å². The molecule has 0 saturated carbocycles. The number of benzene rings is 2. The van der Waals surface area contributed by atoms with Crippen molar-refractivity contribution in [3.63, 3.8) is 0 Å². The van der Waals surface area contributed by atoms with E-state index in [-0.39, 0.29) is 32.9 Å². The minimum absolute atomic E-state index is 0.116. The van der Waals surface area contributed by atoms with Crippen molar-refractivity contribution in [3.8, 4) is 23.0 Å². The normalized spacial score (nSPS) is 11.7. The summed E-state index contributed by atoms with van der Waals surface area (Å²) in [6, 6.07) is 4.83. The summed E-state index contributed by atoms with van der Waals surface area (Å²) in [5.41, 5.74) is 0.306. The molecule has 0 bridgehead atoms. The van der Waals surface area contributed by atoms with Gasteiger partial charge in [0.2, 0.25) is 6.04 Å². The molecule has 1 amide bonds. The molecule has 9 nitrogen and oxygen atoms in total. The van der Waals surface area contributed by atoms with Gasteiger partial charge in [0.05, 0.1) is 37.5 Å². The average molecular weight is 498 g/mol. The molecule has 0 spiro atoms. The number of nitrogens with one attached hydrogen (secondary N) is 1. The summed E-state index contributed by atoms with van der Waals surface area (Å²) >= 11 is 12.5. The van der Waals surface area contributed by atoms with Crippen molar-refractivity contribution in [2.75, 3.05) is 32.8 Å². The highest BCUT2D eigenvalue weighted by Gasteiger charge is 2.27. The van der Waals surface area contributed by atoms with Gasteiger partial charge in [-0.2, -0.15) is 5.11 Å². The molecule has 1 atom stereocenters. The summed E-state index contributed by atoms with van der Waals surface area (Å²) in [7, 11) is 2.86. The molecule has 0 radical (unpaired) electrons. The Morgan fingerprint density at radius 1 is 0.939 bits per heavy atom. The Bertz CT molecular complexity index is 1050. The van der Waals surface area contributed by atoms with E-state index in [2.05, 4.69) is 15.5 Å². The van der Waals surface area contributed by atoms with Crippen LogP contribution in [0, 0.1) is 0 Å². The number of ether oxygens (including phenoxy) is 4. The molecule has 33 heavy (non-hydrogen) atoms. The van der Waals surface area contributed by atoms with Crippen molar-refractivity contribution in [3.05, 3.63) is 34.3 Å². The number of nitrogens with zero attached hydrogens (tertiary/aromatic N) is 2. The zero-order chi connectivity index (χ0) is 24.5. The Kier molecular flexibility index (Phi) is 9.74. The van der Waals surface area contributed by atoms with E-state index in [0.29, 0.717) is 24.7 Å². The van der Waals surface area contributed by atoms with Crippen molar-refractivity contribution in [2.24, 2.45) is 10.2 Å². The number of anilines is 1. The smallest absolute Gasteiger partial charge is 0.259 e. The van der Waals surface area contributed by atoms with Crippen LogP contribution in [0.3, 0.4) is 0 Å². The number of azo groups is 1. The number of halogens is 2. The van der Waals surface area contributed by atoms with Gasteiger partial charge in [0.1, 0.15) is 17.1 Å². The Labute approximate surface area is 202 Å². The number of hydrogen-bond acceptors (Lipinski definition) is 8. The lowest BCUT2D eigenvalue weighted by Crippen LogP contribution is -2.32. The minimum Gasteiger partial charge on any atom is -0.493 e. The fourth-order valence-electron chi connectivity index (χ4n) is 2.82. The first-order valence-corrected chi connectivity index (χ1v) is 10.7. The van der Waals surface area contributed by atoms with E-state index in [1.54, 1.807) is 32.0 Å². The predicted octanol–water partition coefficient (Wildman–Crippen LogP) is 5.49. The fourth-order valence-corrected chi connectivity index (χ4v) is 3.22. The van der Waals surface area contributed by atoms with Crippen LogP contribution in [0.25, 0.3) is 0 Å². The predicted molar refractivity (Wildman–Crippen MR) is 126 cm³/mol. The number of carbonyl (C=O) groups excluding carboxylic acids is 2. The monoisotopic (exact) mass is 497 g/mol. The third-order valence-corrected chi connectivity index (χ3v) is 4.89. The topological polar surface area (TPSA) is 108 Å². The molecule has 2 rings (SSSR count). The Balaban J connectivity index is 2.45. The largest absolute Gasteiger partial charge is 0.493 e. The molecule has 0 aliphatic rings. The first kappa shape index (κ1) is 26.2. The molecule has 11 heteroatoms. The van der Waals surface area contributed by atoms with E-state index in [9.17, 15) is 9.59 Å². The van der Waals surface area contributed by atoms with Crippen LogP contribution in [0.1, 0.15) is 20.8 Å². The molecule has 2 aromatic carbocycles. The van der Waals surface area contributed by atoms with Crippen LogP contribution >= 0.6 is 23.2 Å². The van der Waals surface area contributed by atoms with Crippen LogP contribution < -0.4 is 24.3 Å². The Hall–Kier alpha value is -3.04. The summed E-state index contributed by atoms with van der Waals surface area (Å²) < 4.78 is 21.7. The highest BCUT2D eigenvalue weighted by atomic mass is 35.5. The maximum atomic E-state index is 13.0. The van der Waals surface area contributed by atoms with Crippen LogP contribution in [0.15, 0.2) is 34.5 Å². The second kappa shape index (κ2) is 12.3. The van der Waals surface area contributed by atoms with Gasteiger partial charge in [0, 0.05) is 0 Å². The lowest BCUT2D eigenvalue weighted by atomic mass is 10.2. The van der Waals surface area contributed by atoms with Gasteiger partial charge in [0.25, 0.3) is 5.91 Å². The van der Waals surface area contributed by atoms with Crippen molar-refractivity contribution in [2.45, 2.75) is 26.8 Å². The number of hydrogen-bond donors (Lipinski definition) is 1. The number of carbonyl (C=O) groups is 2. The van der Waals surface area contributed by atoms with E-state index in [4.69, 9.17) is 42.1 Å². The van der Waals surface area contributed by atoms with Gasteiger partial charge in [0.15, 0.2) is 23.0 Å². The molecule has 178 valence electrons. The third kappa shape index (κ3) is 6.27. The zero-order valence-electron chi connectivity index (χ0n) is 18.9. The number of ketones is 1. The SMILES string of the molecule is CCOc1ccc(Cl)c(OCC)c1NC(=O)C(N=Nc1c(Cl)ccc(OC)c1OC)C(C)=O. The van der Waals surface area contributed by atoms with Crippen molar-refractivity contribution in [1.82, 2.24) is 0 Å². The molecular weight excluding hydrogens is 473 g/mol. The van der Waals surface area contributed by atoms with Crippen LogP contribution in [0.4, 0.5) is 11.4 Å². The minimum atomic E-state index is -1.49. The number of rotatable bonds is 11. The van der Waals surface area contributed by atoms with Gasteiger partial charge in [-0.1, -0.05) is 23.2 Å². The van der Waals surface area contributed by atoms with Crippen LogP contribution in [-0.4, -0.2) is 45.2 Å². The standard InChI is InChI=1S/C22H25Cl2N3O6/c1-6-32-15-10-9-14(24)20(33-7-2)19(15)25-22(29)17(12(3)28)26-27-18-13(23)8-11-16(30-4)21(18)31-5/h8-11,17H,6-7H2,1-5H3,(H,25,29). The molecule has 0 aromatic heterocycles. The molecular formula is C22H25Cl2N3O6. The lowest BCUT2D eigenvalue weighted by molar-refractivity contribution is -0.126. The van der Waals surface area contributed by atoms with E-state index >= 15 is 0 Å². The second-order valence-electron chi connectivity index (χ2n) is 6.47. The van der Waals surface area contributed by atoms with Gasteiger partial charge >= 0.3 is 0 Å². The highest BCUT2D eigenvalue weighted by Crippen LogP contribution is 2.43. The summed E-state index contributed by atoms with van der Waals surface area (Å²) in [6.45, 7) is 5.41. The summed E-state index contributed by atoms with van der Waals surface area (Å²) in [5.74, 6) is -0.184. The van der Waals surface area contributed by atoms with Crippen molar-refractivity contribution >= 4 is 46.3 Å². The number of methoxy groups -OCH3 is 2. The Morgan fingerprint density at radius 2 is 1.58 bits per heavy atom. The summed E-state index contributed by atoms with van der Waals surface area (Å²) in [5, 5.41) is 11.1. The first-order valence-electron chi connectivity index (χ1n) is 9.99. The van der Waals surface area contributed by atoms with E-state index in [1.807, 2.05) is 0 Å². The van der Waals surface area contributed by atoms with E-state index in [1.165, 1.54) is 27.2 Å². The maximum Gasteiger partial charge on any atom is 0.259 e.